The Morgan fingerprint density at radius 2 is 2.41 bits per heavy atom. The molecular formula is C10H18N2O4S. The summed E-state index contributed by atoms with van der Waals surface area (Å²) in [5.41, 5.74) is 0. The second kappa shape index (κ2) is 7.52. The number of thioether (sulfide) groups is 1. The van der Waals surface area contributed by atoms with Crippen LogP contribution >= 0.6 is 11.8 Å². The fourth-order valence-electron chi connectivity index (χ4n) is 1.53. The second-order valence-electron chi connectivity index (χ2n) is 3.81. The highest BCUT2D eigenvalue weighted by atomic mass is 32.2. The van der Waals surface area contributed by atoms with Gasteiger partial charge < -0.3 is 15.2 Å². The maximum absolute atomic E-state index is 11.7. The van der Waals surface area contributed by atoms with Gasteiger partial charge in [0.2, 0.25) is 5.91 Å². The zero-order valence-electron chi connectivity index (χ0n) is 9.77. The zero-order valence-corrected chi connectivity index (χ0v) is 10.6. The van der Waals surface area contributed by atoms with E-state index in [4.69, 9.17) is 9.84 Å². The van der Waals surface area contributed by atoms with Crippen LogP contribution < -0.4 is 10.6 Å². The van der Waals surface area contributed by atoms with Crippen LogP contribution in [-0.4, -0.2) is 54.4 Å². The van der Waals surface area contributed by atoms with Crippen molar-refractivity contribution in [3.63, 3.8) is 0 Å². The Morgan fingerprint density at radius 3 is 2.94 bits per heavy atom. The van der Waals surface area contributed by atoms with E-state index in [1.165, 1.54) is 0 Å². The van der Waals surface area contributed by atoms with E-state index in [1.807, 2.05) is 0 Å². The van der Waals surface area contributed by atoms with Gasteiger partial charge in [0.05, 0.1) is 6.04 Å². The maximum atomic E-state index is 11.7. The van der Waals surface area contributed by atoms with Crippen LogP contribution in [0, 0.1) is 0 Å². The molecule has 1 aliphatic rings. The average Bonchev–Trinajstić information content (AvgIpc) is 2.81. The number of amides is 1. The monoisotopic (exact) mass is 262 g/mol. The molecular weight excluding hydrogens is 244 g/mol. The largest absolute Gasteiger partial charge is 0.480 e. The molecule has 1 rings (SSSR count). The number of carbonyl (C=O) groups excluding carboxylic acids is 1. The number of carbonyl (C=O) groups is 2. The first-order valence-corrected chi connectivity index (χ1v) is 6.64. The molecule has 0 radical (unpaired) electrons. The molecule has 1 heterocycles. The van der Waals surface area contributed by atoms with Gasteiger partial charge in [-0.25, -0.2) is 4.79 Å². The Balaban J connectivity index is 2.36. The molecule has 1 saturated heterocycles. The summed E-state index contributed by atoms with van der Waals surface area (Å²) < 4.78 is 4.86. The Labute approximate surface area is 104 Å². The lowest BCUT2D eigenvalue weighted by Gasteiger charge is -2.17. The fraction of sp³-hybridized carbons (Fsp3) is 0.800. The number of hydrogen-bond donors (Lipinski definition) is 3. The molecule has 1 fully saturated rings. The van der Waals surface area contributed by atoms with Crippen molar-refractivity contribution in [3.8, 4) is 0 Å². The third-order valence-electron chi connectivity index (χ3n) is 2.49. The quantitative estimate of drug-likeness (QED) is 0.543. The molecule has 0 aromatic heterocycles. The fourth-order valence-corrected chi connectivity index (χ4v) is 2.47. The van der Waals surface area contributed by atoms with Crippen LogP contribution in [0.4, 0.5) is 0 Å². The molecule has 0 aliphatic carbocycles. The summed E-state index contributed by atoms with van der Waals surface area (Å²) in [7, 11) is 1.56. The van der Waals surface area contributed by atoms with Gasteiger partial charge in [-0.15, -0.1) is 11.8 Å². The highest BCUT2D eigenvalue weighted by Gasteiger charge is 2.27. The molecule has 0 spiro atoms. The summed E-state index contributed by atoms with van der Waals surface area (Å²) in [5, 5.41) is 14.5. The van der Waals surface area contributed by atoms with Crippen LogP contribution in [0.3, 0.4) is 0 Å². The topological polar surface area (TPSA) is 87.7 Å². The van der Waals surface area contributed by atoms with Crippen molar-refractivity contribution in [2.45, 2.75) is 24.9 Å². The Hall–Kier alpha value is -0.790. The van der Waals surface area contributed by atoms with Gasteiger partial charge in [-0.1, -0.05) is 0 Å². The average molecular weight is 262 g/mol. The van der Waals surface area contributed by atoms with Gasteiger partial charge in [0.1, 0.15) is 6.04 Å². The molecule has 1 aliphatic heterocycles. The third kappa shape index (κ3) is 4.93. The first-order valence-electron chi connectivity index (χ1n) is 5.48. The summed E-state index contributed by atoms with van der Waals surface area (Å²) in [6.45, 7) is 0.497. The molecule has 1 amide bonds. The van der Waals surface area contributed by atoms with Gasteiger partial charge in [0.25, 0.3) is 0 Å². The third-order valence-corrected chi connectivity index (χ3v) is 3.43. The van der Waals surface area contributed by atoms with Crippen LogP contribution in [0.1, 0.15) is 12.8 Å². The summed E-state index contributed by atoms with van der Waals surface area (Å²) in [4.78, 5) is 22.7. The minimum absolute atomic E-state index is 0.236. The molecule has 6 nitrogen and oxygen atoms in total. The van der Waals surface area contributed by atoms with Crippen molar-refractivity contribution >= 4 is 23.6 Å². The van der Waals surface area contributed by atoms with Crippen LogP contribution in [0.25, 0.3) is 0 Å². The highest BCUT2D eigenvalue weighted by Crippen LogP contribution is 2.10. The van der Waals surface area contributed by atoms with Crippen LogP contribution in [0.5, 0.6) is 0 Å². The number of methoxy groups -OCH3 is 1. The highest BCUT2D eigenvalue weighted by molar-refractivity contribution is 7.99. The second-order valence-corrected chi connectivity index (χ2v) is 4.84. The minimum atomic E-state index is -1.000. The number of carboxylic acids is 1. The molecule has 0 bridgehead atoms. The van der Waals surface area contributed by atoms with Gasteiger partial charge in [-0.3, -0.25) is 10.1 Å². The molecule has 7 heteroatoms. The van der Waals surface area contributed by atoms with Crippen molar-refractivity contribution in [1.29, 1.82) is 0 Å². The van der Waals surface area contributed by atoms with Crippen molar-refractivity contribution in [2.75, 3.05) is 25.3 Å². The SMILES string of the molecule is COCCCC(NC(=O)C1CSCN1)C(=O)O. The van der Waals surface area contributed by atoms with Crippen molar-refractivity contribution < 1.29 is 19.4 Å². The van der Waals surface area contributed by atoms with Crippen molar-refractivity contribution in [3.05, 3.63) is 0 Å². The molecule has 2 unspecified atom stereocenters. The Bertz CT molecular complexity index is 269. The van der Waals surface area contributed by atoms with Crippen molar-refractivity contribution in [1.82, 2.24) is 10.6 Å². The lowest BCUT2D eigenvalue weighted by atomic mass is 10.1. The van der Waals surface area contributed by atoms with E-state index in [1.54, 1.807) is 18.9 Å². The van der Waals surface area contributed by atoms with Crippen molar-refractivity contribution in [2.24, 2.45) is 0 Å². The number of nitrogens with one attached hydrogen (secondary N) is 2. The van der Waals surface area contributed by atoms with Gasteiger partial charge in [0.15, 0.2) is 0 Å². The molecule has 0 saturated carbocycles. The first kappa shape index (κ1) is 14.3. The normalized spacial score (nSPS) is 21.1. The molecule has 98 valence electrons. The number of carboxylic acid groups (broad SMARTS) is 1. The van der Waals surface area contributed by atoms with E-state index < -0.39 is 12.0 Å². The van der Waals surface area contributed by atoms with E-state index in [2.05, 4.69) is 10.6 Å². The molecule has 17 heavy (non-hydrogen) atoms. The summed E-state index contributed by atoms with van der Waals surface area (Å²) in [6, 6.07) is -1.10. The number of hydrogen-bond acceptors (Lipinski definition) is 5. The molecule has 0 aromatic rings. The summed E-state index contributed by atoms with van der Waals surface area (Å²) >= 11 is 1.63. The van der Waals surface area contributed by atoms with Crippen LogP contribution in [-0.2, 0) is 14.3 Å². The maximum Gasteiger partial charge on any atom is 0.326 e. The van der Waals surface area contributed by atoms with Crippen LogP contribution in [0.15, 0.2) is 0 Å². The van der Waals surface area contributed by atoms with E-state index in [-0.39, 0.29) is 11.9 Å². The smallest absolute Gasteiger partial charge is 0.326 e. The lowest BCUT2D eigenvalue weighted by Crippen LogP contribution is -2.49. The van der Waals surface area contributed by atoms with E-state index in [0.717, 1.165) is 5.88 Å². The van der Waals surface area contributed by atoms with Gasteiger partial charge in [-0.05, 0) is 12.8 Å². The number of ether oxygens (including phenoxy) is 1. The van der Waals surface area contributed by atoms with Gasteiger partial charge in [-0.2, -0.15) is 0 Å². The lowest BCUT2D eigenvalue weighted by molar-refractivity contribution is -0.142. The van der Waals surface area contributed by atoms with Crippen LogP contribution in [0.2, 0.25) is 0 Å². The summed E-state index contributed by atoms with van der Waals surface area (Å²) in [5.74, 6) is 0.190. The minimum Gasteiger partial charge on any atom is -0.480 e. The molecule has 3 N–H and O–H groups in total. The summed E-state index contributed by atoms with van der Waals surface area (Å²) in [6.07, 6.45) is 0.995. The van der Waals surface area contributed by atoms with E-state index in [0.29, 0.717) is 25.2 Å². The predicted molar refractivity (Wildman–Crippen MR) is 64.9 cm³/mol. The van der Waals surface area contributed by atoms with E-state index >= 15 is 0 Å². The predicted octanol–water partition coefficient (Wildman–Crippen LogP) is -0.355. The first-order chi connectivity index (χ1) is 8.15. The zero-order chi connectivity index (χ0) is 12.7. The Kier molecular flexibility index (Phi) is 6.31. The molecule has 0 aromatic carbocycles. The van der Waals surface area contributed by atoms with E-state index in [9.17, 15) is 9.59 Å². The number of rotatable bonds is 7. The standard InChI is InChI=1S/C10H18N2O4S/c1-16-4-2-3-7(10(14)15)12-9(13)8-5-17-6-11-8/h7-8,11H,2-6H2,1H3,(H,12,13)(H,14,15). The van der Waals surface area contributed by atoms with Gasteiger partial charge >= 0.3 is 5.97 Å². The number of aliphatic carboxylic acids is 1. The van der Waals surface area contributed by atoms with Gasteiger partial charge in [0, 0.05) is 25.3 Å². The Morgan fingerprint density at radius 1 is 1.65 bits per heavy atom. The molecule has 2 atom stereocenters.